The lowest BCUT2D eigenvalue weighted by molar-refractivity contribution is 0.224. The van der Waals surface area contributed by atoms with Crippen LogP contribution < -0.4 is 0 Å². The predicted octanol–water partition coefficient (Wildman–Crippen LogP) is 6.28. The molecule has 0 atom stereocenters. The minimum Gasteiger partial charge on any atom is -0.0599 e. The third-order valence-corrected chi connectivity index (χ3v) is 5.02. The average molecular weight is 274 g/mol. The van der Waals surface area contributed by atoms with Gasteiger partial charge >= 0.3 is 0 Å². The van der Waals surface area contributed by atoms with Crippen LogP contribution >= 0.6 is 0 Å². The summed E-state index contributed by atoms with van der Waals surface area (Å²) in [5.41, 5.74) is 4.75. The van der Waals surface area contributed by atoms with Crippen LogP contribution in [0.5, 0.6) is 0 Å². The van der Waals surface area contributed by atoms with E-state index in [1.165, 1.54) is 12.8 Å². The fraction of sp³-hybridized carbons (Fsp3) is 0.700. The van der Waals surface area contributed by atoms with Crippen molar-refractivity contribution in [2.45, 2.75) is 85.5 Å². The third kappa shape index (κ3) is 3.27. The van der Waals surface area contributed by atoms with Gasteiger partial charge < -0.3 is 0 Å². The van der Waals surface area contributed by atoms with E-state index in [4.69, 9.17) is 2.74 Å². The Bertz CT molecular complexity index is 567. The molecular weight excluding hydrogens is 240 g/mol. The summed E-state index contributed by atoms with van der Waals surface area (Å²) >= 11 is 0. The number of rotatable bonds is 1. The smallest absolute Gasteiger partial charge is 0.0599 e. The highest BCUT2D eigenvalue weighted by atomic mass is 14.3. The van der Waals surface area contributed by atoms with Crippen LogP contribution in [-0.4, -0.2) is 0 Å². The van der Waals surface area contributed by atoms with E-state index in [2.05, 4.69) is 48.5 Å². The van der Waals surface area contributed by atoms with Crippen LogP contribution in [0.15, 0.2) is 12.1 Å². The van der Waals surface area contributed by atoms with Crippen molar-refractivity contribution in [2.24, 2.45) is 5.41 Å². The molecule has 0 bridgehead atoms. The largest absolute Gasteiger partial charge is 0.0629 e. The van der Waals surface area contributed by atoms with Crippen LogP contribution in [0.4, 0.5) is 0 Å². The Labute approximate surface area is 128 Å². The van der Waals surface area contributed by atoms with E-state index in [1.54, 1.807) is 0 Å². The van der Waals surface area contributed by atoms with Gasteiger partial charge in [-0.1, -0.05) is 46.7 Å². The Hall–Kier alpha value is -0.780. The Morgan fingerprint density at radius 3 is 2.15 bits per heavy atom. The van der Waals surface area contributed by atoms with Gasteiger partial charge in [-0.2, -0.15) is 0 Å². The average Bonchev–Trinajstić information content (AvgIpc) is 2.36. The summed E-state index contributed by atoms with van der Waals surface area (Å²) in [5.74, 6) is 0.397. The van der Waals surface area contributed by atoms with E-state index in [9.17, 15) is 0 Å². The molecule has 2 rings (SSSR count). The molecule has 1 fully saturated rings. The summed E-state index contributed by atoms with van der Waals surface area (Å²) in [7, 11) is 0. The maximum atomic E-state index is 8.80. The van der Waals surface area contributed by atoms with Crippen LogP contribution in [0, 0.1) is 19.3 Å². The lowest BCUT2D eigenvalue weighted by Gasteiger charge is -2.35. The van der Waals surface area contributed by atoms with E-state index in [1.807, 2.05) is 0 Å². The fourth-order valence-corrected chi connectivity index (χ4v) is 3.38. The van der Waals surface area contributed by atoms with Gasteiger partial charge in [0.25, 0.3) is 0 Å². The molecule has 0 amide bonds. The van der Waals surface area contributed by atoms with Crippen molar-refractivity contribution in [2.75, 3.05) is 0 Å². The predicted molar refractivity (Wildman–Crippen MR) is 89.6 cm³/mol. The molecule has 1 aliphatic carbocycles. The van der Waals surface area contributed by atoms with Crippen molar-refractivity contribution < 1.29 is 2.74 Å². The van der Waals surface area contributed by atoms with Gasteiger partial charge in [0, 0.05) is 0 Å². The molecule has 0 N–H and O–H groups in total. The third-order valence-electron chi connectivity index (χ3n) is 5.02. The first kappa shape index (κ1) is 12.9. The van der Waals surface area contributed by atoms with Crippen molar-refractivity contribution in [3.05, 3.63) is 34.3 Å². The van der Waals surface area contributed by atoms with Crippen LogP contribution in [0.2, 0.25) is 0 Å². The highest BCUT2D eigenvalue weighted by molar-refractivity contribution is 5.42. The van der Waals surface area contributed by atoms with E-state index in [0.29, 0.717) is 23.4 Å². The minimum absolute atomic E-state index is 0.0394. The quantitative estimate of drug-likeness (QED) is 0.565. The fourth-order valence-electron chi connectivity index (χ4n) is 3.38. The summed E-state index contributed by atoms with van der Waals surface area (Å²) in [6.07, 6.45) is 4.65. The molecule has 1 aromatic rings. The first-order chi connectivity index (χ1) is 9.96. The number of hydrogen-bond acceptors (Lipinski definition) is 0. The lowest BCUT2D eigenvalue weighted by Crippen LogP contribution is -2.21. The van der Waals surface area contributed by atoms with Crippen molar-refractivity contribution >= 4 is 0 Å². The van der Waals surface area contributed by atoms with Crippen molar-refractivity contribution in [3.8, 4) is 0 Å². The van der Waals surface area contributed by atoms with E-state index in [0.717, 1.165) is 35.1 Å². The Morgan fingerprint density at radius 1 is 1.10 bits per heavy atom. The first-order valence-corrected chi connectivity index (χ1v) is 8.06. The summed E-state index contributed by atoms with van der Waals surface area (Å²) in [4.78, 5) is 0. The molecule has 0 heterocycles. The molecule has 0 saturated heterocycles. The zero-order valence-electron chi connectivity index (χ0n) is 16.4. The molecule has 0 aliphatic heterocycles. The van der Waals surface area contributed by atoms with Crippen LogP contribution in [0.3, 0.4) is 0 Å². The van der Waals surface area contributed by atoms with E-state index < -0.39 is 0 Å². The van der Waals surface area contributed by atoms with Crippen LogP contribution in [-0.2, 0) is 5.41 Å². The molecule has 1 aromatic carbocycles. The van der Waals surface area contributed by atoms with E-state index >= 15 is 0 Å². The van der Waals surface area contributed by atoms with Crippen LogP contribution in [0.25, 0.3) is 0 Å². The Balaban J connectivity index is 2.55. The molecule has 1 saturated carbocycles. The van der Waals surface area contributed by atoms with Gasteiger partial charge in [0.2, 0.25) is 0 Å². The topological polar surface area (TPSA) is 0 Å². The van der Waals surface area contributed by atoms with Gasteiger partial charge in [-0.3, -0.25) is 0 Å². The van der Waals surface area contributed by atoms with Gasteiger partial charge in [-0.15, -0.1) is 0 Å². The van der Waals surface area contributed by atoms with Gasteiger partial charge in [-0.05, 0) is 78.5 Å². The molecule has 1 aliphatic rings. The monoisotopic (exact) mass is 274 g/mol. The van der Waals surface area contributed by atoms with Crippen molar-refractivity contribution in [1.29, 1.82) is 0 Å². The molecule has 0 spiro atoms. The maximum absolute atomic E-state index is 8.80. The molecule has 20 heavy (non-hydrogen) atoms. The van der Waals surface area contributed by atoms with Gasteiger partial charge in [0.05, 0.1) is 2.74 Å². The zero-order chi connectivity index (χ0) is 16.9. The van der Waals surface area contributed by atoms with Gasteiger partial charge in [0.15, 0.2) is 0 Å². The Morgan fingerprint density at radius 2 is 1.65 bits per heavy atom. The van der Waals surface area contributed by atoms with Gasteiger partial charge in [0.1, 0.15) is 0 Å². The molecular formula is C20H32. The van der Waals surface area contributed by atoms with Crippen molar-refractivity contribution in [1.82, 2.24) is 0 Å². The maximum Gasteiger partial charge on any atom is 0.0629 e. The summed E-state index contributed by atoms with van der Waals surface area (Å²) in [5, 5.41) is 0. The highest BCUT2D eigenvalue weighted by Crippen LogP contribution is 2.43. The summed E-state index contributed by atoms with van der Waals surface area (Å²) in [6, 6.07) is 1.27. The molecule has 0 radical (unpaired) electrons. The second-order valence-corrected chi connectivity index (χ2v) is 8.48. The lowest BCUT2D eigenvalue weighted by atomic mass is 9.70. The summed E-state index contributed by atoms with van der Waals surface area (Å²) in [6.45, 7) is 15.4. The standard InChI is InChI=1S/C20H32/c1-14-12-17(13-18(15(14)2)19(3,4)5)16-8-10-20(6,7)11-9-16/h12-13,16H,8-11H2,1-7H3/i12D,13D. The Kier molecular flexibility index (Phi) is 3.36. The minimum atomic E-state index is -0.0394. The SMILES string of the molecule is [2H]c1c(C)c(C)c(C(C)(C)C)c([2H])c1C1CCC(C)(C)CC1. The molecule has 0 nitrogen and oxygen atoms in total. The zero-order valence-corrected chi connectivity index (χ0v) is 14.4. The normalized spacial score (nSPS) is 21.6. The molecule has 0 aromatic heterocycles. The van der Waals surface area contributed by atoms with Crippen LogP contribution in [0.1, 0.15) is 91.2 Å². The van der Waals surface area contributed by atoms with E-state index in [-0.39, 0.29) is 5.41 Å². The second kappa shape index (κ2) is 5.20. The summed E-state index contributed by atoms with van der Waals surface area (Å²) < 4.78 is 17.4. The molecule has 0 heteroatoms. The highest BCUT2D eigenvalue weighted by Gasteiger charge is 2.28. The van der Waals surface area contributed by atoms with Gasteiger partial charge in [-0.25, -0.2) is 0 Å². The second-order valence-electron chi connectivity index (χ2n) is 8.48. The number of benzene rings is 1. The van der Waals surface area contributed by atoms with Crippen molar-refractivity contribution in [3.63, 3.8) is 0 Å². The molecule has 112 valence electrons. The number of hydrogen-bond donors (Lipinski definition) is 0. The first-order valence-electron chi connectivity index (χ1n) is 9.06. The molecule has 0 unspecified atom stereocenters.